The van der Waals surface area contributed by atoms with Gasteiger partial charge in [0.2, 0.25) is 11.8 Å². The number of rotatable bonds is 0. The van der Waals surface area contributed by atoms with Crippen LogP contribution in [0.2, 0.25) is 0 Å². The first-order valence-corrected chi connectivity index (χ1v) is 5.86. The Morgan fingerprint density at radius 3 is 2.85 bits per heavy atom. The molecule has 0 amide bonds. The molecule has 1 N–H and O–H groups in total. The highest BCUT2D eigenvalue weighted by atomic mass is 32.4. The van der Waals surface area contributed by atoms with Crippen molar-refractivity contribution >= 4 is 19.0 Å². The smallest absolute Gasteiger partial charge is 0.400 e. The third kappa shape index (κ3) is 2.71. The van der Waals surface area contributed by atoms with Crippen LogP contribution in [0.3, 0.4) is 0 Å². The van der Waals surface area contributed by atoms with E-state index in [0.717, 1.165) is 18.4 Å². The van der Waals surface area contributed by atoms with E-state index < -0.39 is 7.15 Å². The first-order valence-electron chi connectivity index (χ1n) is 3.67. The van der Waals surface area contributed by atoms with Crippen LogP contribution < -0.4 is 4.52 Å². The van der Waals surface area contributed by atoms with Crippen LogP contribution in [0.4, 0.5) is 0 Å². The van der Waals surface area contributed by atoms with Crippen molar-refractivity contribution in [3.05, 3.63) is 29.8 Å². The molecule has 5 heteroatoms. The Morgan fingerprint density at radius 1 is 1.38 bits per heavy atom. The number of aliphatic hydroxyl groups excluding tert-OH is 1. The lowest BCUT2D eigenvalue weighted by Crippen LogP contribution is -1.98. The molecule has 1 unspecified atom stereocenters. The van der Waals surface area contributed by atoms with Crippen molar-refractivity contribution in [2.75, 3.05) is 7.11 Å². The maximum absolute atomic E-state index is 7.00. The van der Waals surface area contributed by atoms with Crippen molar-refractivity contribution in [2.24, 2.45) is 0 Å². The van der Waals surface area contributed by atoms with Gasteiger partial charge in [-0.1, -0.05) is 18.2 Å². The summed E-state index contributed by atoms with van der Waals surface area (Å²) in [4.78, 5) is 0. The lowest BCUT2D eigenvalue weighted by Gasteiger charge is -2.05. The predicted molar refractivity (Wildman–Crippen MR) is 54.3 cm³/mol. The van der Waals surface area contributed by atoms with E-state index in [1.165, 1.54) is 0 Å². The molecular formula is C8H10O3PS+. The van der Waals surface area contributed by atoms with Gasteiger partial charge < -0.3 is 5.11 Å². The summed E-state index contributed by atoms with van der Waals surface area (Å²) in [5, 5.41) is 7.00. The molecule has 1 aromatic carbocycles. The summed E-state index contributed by atoms with van der Waals surface area (Å²) < 4.78 is 10.5. The highest BCUT2D eigenvalue weighted by Gasteiger charge is 2.24. The minimum Gasteiger partial charge on any atom is -0.400 e. The number of fused-ring (bicyclic) bond motifs is 1. The van der Waals surface area contributed by atoms with Crippen molar-refractivity contribution < 1.29 is 14.2 Å². The summed E-state index contributed by atoms with van der Waals surface area (Å²) in [7, 11) is -0.0949. The number of para-hydroxylation sites is 1. The molecule has 0 saturated heterocycles. The van der Waals surface area contributed by atoms with Crippen molar-refractivity contribution in [3.8, 4) is 5.75 Å². The van der Waals surface area contributed by atoms with Gasteiger partial charge in [-0.15, -0.1) is 4.52 Å². The maximum Gasteiger partial charge on any atom is 0.574 e. The zero-order valence-corrected chi connectivity index (χ0v) is 8.85. The van der Waals surface area contributed by atoms with E-state index in [-0.39, 0.29) is 0 Å². The maximum atomic E-state index is 7.00. The Morgan fingerprint density at radius 2 is 2.08 bits per heavy atom. The molecule has 0 saturated carbocycles. The van der Waals surface area contributed by atoms with Crippen molar-refractivity contribution in [1.82, 2.24) is 0 Å². The van der Waals surface area contributed by atoms with Gasteiger partial charge in [0.25, 0.3) is 0 Å². The van der Waals surface area contributed by atoms with Crippen LogP contribution in [0, 0.1) is 0 Å². The average Bonchev–Trinajstić information content (AvgIpc) is 2.21. The highest BCUT2D eigenvalue weighted by Crippen LogP contribution is 2.37. The normalized spacial score (nSPS) is 16.3. The van der Waals surface area contributed by atoms with Gasteiger partial charge in [0, 0.05) is 12.7 Å². The monoisotopic (exact) mass is 217 g/mol. The molecule has 1 aromatic rings. The van der Waals surface area contributed by atoms with Gasteiger partial charge in [0.05, 0.1) is 0 Å². The minimum atomic E-state index is -1.09. The Balaban J connectivity index is 0.000000396. The van der Waals surface area contributed by atoms with Gasteiger partial charge in [-0.05, 0) is 6.07 Å². The largest absolute Gasteiger partial charge is 0.574 e. The molecule has 0 spiro atoms. The zero-order valence-electron chi connectivity index (χ0n) is 7.14. The molecule has 1 aliphatic rings. The second-order valence-electron chi connectivity index (χ2n) is 2.20. The van der Waals surface area contributed by atoms with Gasteiger partial charge in [0.15, 0.2) is 5.75 Å². The number of benzene rings is 1. The van der Waals surface area contributed by atoms with Crippen LogP contribution in [0.5, 0.6) is 5.75 Å². The molecule has 13 heavy (non-hydrogen) atoms. The summed E-state index contributed by atoms with van der Waals surface area (Å²) in [6.07, 6.45) is 0. The van der Waals surface area contributed by atoms with E-state index in [9.17, 15) is 0 Å². The summed E-state index contributed by atoms with van der Waals surface area (Å²) in [6, 6.07) is 7.79. The molecule has 1 heterocycles. The standard InChI is InChI=1S/C7H6O2PS.CH4O/c11-10-8-5-6-3-1-2-4-7(6)9-10;1-2/h1-4H,5H2;2H,1H3/q+1;. The molecule has 0 aromatic heterocycles. The van der Waals surface area contributed by atoms with Crippen molar-refractivity contribution in [3.63, 3.8) is 0 Å². The lowest BCUT2D eigenvalue weighted by molar-refractivity contribution is 0.291. The molecule has 3 nitrogen and oxygen atoms in total. The van der Waals surface area contributed by atoms with E-state index >= 15 is 0 Å². The molecule has 0 radical (unpaired) electrons. The van der Waals surface area contributed by atoms with Crippen LogP contribution in [-0.4, -0.2) is 12.2 Å². The van der Waals surface area contributed by atoms with E-state index in [4.69, 9.17) is 26.0 Å². The van der Waals surface area contributed by atoms with Gasteiger partial charge in [-0.3, -0.25) is 0 Å². The predicted octanol–water partition coefficient (Wildman–Crippen LogP) is 1.98. The van der Waals surface area contributed by atoms with E-state index in [2.05, 4.69) is 0 Å². The van der Waals surface area contributed by atoms with E-state index in [0.29, 0.717) is 6.61 Å². The second kappa shape index (κ2) is 5.25. The fourth-order valence-electron chi connectivity index (χ4n) is 0.941. The Hall–Kier alpha value is -0.540. The molecular weight excluding hydrogens is 207 g/mol. The summed E-state index contributed by atoms with van der Waals surface area (Å²) in [5.74, 6) is 0.875. The fourth-order valence-corrected chi connectivity index (χ4v) is 1.98. The fraction of sp³-hybridized carbons (Fsp3) is 0.250. The molecule has 2 rings (SSSR count). The summed E-state index contributed by atoms with van der Waals surface area (Å²) in [6.45, 7) is 0.589. The topological polar surface area (TPSA) is 38.7 Å². The van der Waals surface area contributed by atoms with Crippen molar-refractivity contribution in [1.29, 1.82) is 0 Å². The highest BCUT2D eigenvalue weighted by molar-refractivity contribution is 8.00. The third-order valence-corrected chi connectivity index (χ3v) is 2.70. The first kappa shape index (κ1) is 10.5. The van der Waals surface area contributed by atoms with Gasteiger partial charge in [-0.25, -0.2) is 4.52 Å². The summed E-state index contributed by atoms with van der Waals surface area (Å²) >= 11 is 4.89. The van der Waals surface area contributed by atoms with E-state index in [1.54, 1.807) is 0 Å². The molecule has 1 atom stereocenters. The van der Waals surface area contributed by atoms with E-state index in [1.807, 2.05) is 24.3 Å². The van der Waals surface area contributed by atoms with Crippen LogP contribution in [0.15, 0.2) is 24.3 Å². The Labute approximate surface area is 82.9 Å². The molecule has 0 fully saturated rings. The molecule has 0 aliphatic carbocycles. The zero-order chi connectivity index (χ0) is 9.68. The molecule has 0 bridgehead atoms. The summed E-state index contributed by atoms with van der Waals surface area (Å²) in [5.41, 5.74) is 1.08. The lowest BCUT2D eigenvalue weighted by atomic mass is 10.2. The van der Waals surface area contributed by atoms with Gasteiger partial charge >= 0.3 is 7.15 Å². The van der Waals surface area contributed by atoms with Crippen LogP contribution in [0.25, 0.3) is 0 Å². The Bertz CT molecular complexity index is 303. The van der Waals surface area contributed by atoms with Crippen LogP contribution in [0.1, 0.15) is 5.56 Å². The molecule has 1 aliphatic heterocycles. The number of hydrogen-bond donors (Lipinski definition) is 1. The number of aliphatic hydroxyl groups is 1. The SMILES string of the molecule is CO.S=[P+]1OCc2ccccc2O1. The van der Waals surface area contributed by atoms with Crippen molar-refractivity contribution in [2.45, 2.75) is 6.61 Å². The Kier molecular flexibility index (Phi) is 4.25. The van der Waals surface area contributed by atoms with Crippen LogP contribution >= 0.6 is 7.15 Å². The second-order valence-corrected chi connectivity index (χ2v) is 3.98. The average molecular weight is 217 g/mol. The quantitative estimate of drug-likeness (QED) is 0.674. The third-order valence-electron chi connectivity index (χ3n) is 1.47. The molecule has 70 valence electrons. The van der Waals surface area contributed by atoms with Gasteiger partial charge in [0.1, 0.15) is 6.61 Å². The first-order chi connectivity index (χ1) is 6.36. The number of hydrogen-bond acceptors (Lipinski definition) is 4. The van der Waals surface area contributed by atoms with Gasteiger partial charge in [-0.2, -0.15) is 0 Å². The van der Waals surface area contributed by atoms with Crippen LogP contribution in [-0.2, 0) is 22.9 Å². The minimum absolute atomic E-state index is 0.589.